The Hall–Kier alpha value is -2.16. The fourth-order valence-corrected chi connectivity index (χ4v) is 6.56. The highest BCUT2D eigenvalue weighted by atomic mass is 32.2. The van der Waals surface area contributed by atoms with E-state index in [0.717, 1.165) is 59.1 Å². The molecule has 2 heterocycles. The number of thioether (sulfide) groups is 1. The first kappa shape index (κ1) is 24.0. The summed E-state index contributed by atoms with van der Waals surface area (Å²) in [6.45, 7) is 7.09. The van der Waals surface area contributed by atoms with Crippen LogP contribution in [-0.4, -0.2) is 41.0 Å². The molecule has 0 saturated carbocycles. The SMILES string of the molecule is COCCCNC(=O)C(C)Sc1nc2sc3c(c2c(=O)n1-c1ccc(C)cc1C)CCCC3. The van der Waals surface area contributed by atoms with Crippen LogP contribution in [0.25, 0.3) is 15.9 Å². The molecule has 1 aliphatic rings. The molecule has 0 aliphatic heterocycles. The van der Waals surface area contributed by atoms with Crippen LogP contribution >= 0.6 is 23.1 Å². The molecule has 1 aromatic carbocycles. The van der Waals surface area contributed by atoms with Crippen molar-refractivity contribution < 1.29 is 9.53 Å². The average Bonchev–Trinajstić information content (AvgIpc) is 3.16. The van der Waals surface area contributed by atoms with Crippen molar-refractivity contribution in [1.82, 2.24) is 14.9 Å². The molecule has 1 N–H and O–H groups in total. The molecule has 1 atom stereocenters. The predicted molar refractivity (Wildman–Crippen MR) is 136 cm³/mol. The third-order valence-electron chi connectivity index (χ3n) is 6.03. The number of rotatable bonds is 8. The van der Waals surface area contributed by atoms with Crippen LogP contribution in [0.1, 0.15) is 47.8 Å². The summed E-state index contributed by atoms with van der Waals surface area (Å²) >= 11 is 2.98. The standard InChI is InChI=1S/C25H31N3O3S2/c1-15-10-11-19(16(2)14-15)28-24(30)21-18-8-5-6-9-20(18)33-23(21)27-25(28)32-17(3)22(29)26-12-7-13-31-4/h10-11,14,17H,5-9,12-13H2,1-4H3,(H,26,29). The monoisotopic (exact) mass is 485 g/mol. The van der Waals surface area contributed by atoms with Gasteiger partial charge in [0.25, 0.3) is 5.56 Å². The molecule has 3 aromatic rings. The molecule has 2 aromatic heterocycles. The van der Waals surface area contributed by atoms with E-state index in [2.05, 4.69) is 11.4 Å². The van der Waals surface area contributed by atoms with Crippen molar-refractivity contribution in [3.8, 4) is 5.69 Å². The highest BCUT2D eigenvalue weighted by molar-refractivity contribution is 8.00. The Kier molecular flexibility index (Phi) is 7.56. The van der Waals surface area contributed by atoms with E-state index in [4.69, 9.17) is 9.72 Å². The number of carbonyl (C=O) groups is 1. The zero-order valence-corrected chi connectivity index (χ0v) is 21.3. The highest BCUT2D eigenvalue weighted by Crippen LogP contribution is 2.36. The first-order chi connectivity index (χ1) is 15.9. The maximum atomic E-state index is 13.9. The highest BCUT2D eigenvalue weighted by Gasteiger charge is 2.25. The van der Waals surface area contributed by atoms with Gasteiger partial charge in [-0.25, -0.2) is 4.98 Å². The summed E-state index contributed by atoms with van der Waals surface area (Å²) in [7, 11) is 1.65. The van der Waals surface area contributed by atoms with E-state index < -0.39 is 0 Å². The number of thiophene rings is 1. The van der Waals surface area contributed by atoms with Crippen molar-refractivity contribution in [1.29, 1.82) is 0 Å². The first-order valence-corrected chi connectivity index (χ1v) is 13.2. The Balaban J connectivity index is 1.77. The fourth-order valence-electron chi connectivity index (χ4n) is 4.32. The Bertz CT molecular complexity index is 1230. The lowest BCUT2D eigenvalue weighted by molar-refractivity contribution is -0.120. The second kappa shape index (κ2) is 10.4. The molecule has 0 saturated heterocycles. The summed E-state index contributed by atoms with van der Waals surface area (Å²) in [6.07, 6.45) is 4.98. The van der Waals surface area contributed by atoms with Gasteiger partial charge in [-0.1, -0.05) is 29.5 Å². The Morgan fingerprint density at radius 3 is 2.85 bits per heavy atom. The molecule has 0 bridgehead atoms. The van der Waals surface area contributed by atoms with Gasteiger partial charge in [0.15, 0.2) is 5.16 Å². The number of amides is 1. The molecule has 176 valence electrons. The molecular weight excluding hydrogens is 454 g/mol. The summed E-state index contributed by atoms with van der Waals surface area (Å²) in [5, 5.41) is 3.90. The smallest absolute Gasteiger partial charge is 0.267 e. The number of fused-ring (bicyclic) bond motifs is 3. The van der Waals surface area contributed by atoms with Gasteiger partial charge >= 0.3 is 0 Å². The lowest BCUT2D eigenvalue weighted by Crippen LogP contribution is -2.33. The lowest BCUT2D eigenvalue weighted by Gasteiger charge is -2.18. The van der Waals surface area contributed by atoms with E-state index in [-0.39, 0.29) is 16.7 Å². The normalized spacial score (nSPS) is 14.3. The second-order valence-electron chi connectivity index (χ2n) is 8.61. The van der Waals surface area contributed by atoms with Crippen LogP contribution in [0.15, 0.2) is 28.2 Å². The van der Waals surface area contributed by atoms with Gasteiger partial charge < -0.3 is 10.1 Å². The summed E-state index contributed by atoms with van der Waals surface area (Å²) in [6, 6.07) is 6.08. The maximum Gasteiger partial charge on any atom is 0.267 e. The van der Waals surface area contributed by atoms with E-state index in [0.29, 0.717) is 18.3 Å². The zero-order chi connectivity index (χ0) is 23.5. The van der Waals surface area contributed by atoms with Crippen LogP contribution in [-0.2, 0) is 22.4 Å². The number of methoxy groups -OCH3 is 1. The predicted octanol–water partition coefficient (Wildman–Crippen LogP) is 4.58. The van der Waals surface area contributed by atoms with Crippen molar-refractivity contribution in [3.63, 3.8) is 0 Å². The van der Waals surface area contributed by atoms with Crippen molar-refractivity contribution >= 4 is 39.2 Å². The van der Waals surface area contributed by atoms with Gasteiger partial charge in [0.05, 0.1) is 16.3 Å². The van der Waals surface area contributed by atoms with Crippen molar-refractivity contribution in [2.24, 2.45) is 0 Å². The Morgan fingerprint density at radius 1 is 1.30 bits per heavy atom. The van der Waals surface area contributed by atoms with E-state index in [1.165, 1.54) is 22.2 Å². The van der Waals surface area contributed by atoms with E-state index in [1.54, 1.807) is 23.0 Å². The average molecular weight is 486 g/mol. The number of nitrogens with zero attached hydrogens (tertiary/aromatic N) is 2. The third kappa shape index (κ3) is 5.03. The van der Waals surface area contributed by atoms with E-state index in [1.807, 2.05) is 32.9 Å². The van der Waals surface area contributed by atoms with Crippen LogP contribution in [0.3, 0.4) is 0 Å². The molecule has 1 aliphatic carbocycles. The molecule has 0 radical (unpaired) electrons. The quantitative estimate of drug-likeness (QED) is 0.287. The first-order valence-electron chi connectivity index (χ1n) is 11.5. The van der Waals surface area contributed by atoms with Gasteiger partial charge in [-0.05, 0) is 70.1 Å². The minimum atomic E-state index is -0.386. The number of benzene rings is 1. The van der Waals surface area contributed by atoms with Gasteiger partial charge in [0.2, 0.25) is 5.91 Å². The zero-order valence-electron chi connectivity index (χ0n) is 19.7. The van der Waals surface area contributed by atoms with Crippen molar-refractivity contribution in [2.45, 2.75) is 63.3 Å². The minimum Gasteiger partial charge on any atom is -0.385 e. The topological polar surface area (TPSA) is 73.2 Å². The minimum absolute atomic E-state index is 0.0263. The van der Waals surface area contributed by atoms with Crippen LogP contribution in [0.2, 0.25) is 0 Å². The third-order valence-corrected chi connectivity index (χ3v) is 8.27. The van der Waals surface area contributed by atoms with E-state index >= 15 is 0 Å². The van der Waals surface area contributed by atoms with Gasteiger partial charge in [0, 0.05) is 25.1 Å². The summed E-state index contributed by atoms with van der Waals surface area (Å²) < 4.78 is 6.77. The molecule has 1 unspecified atom stereocenters. The number of hydrogen-bond donors (Lipinski definition) is 1. The van der Waals surface area contributed by atoms with Crippen LogP contribution in [0, 0.1) is 13.8 Å². The fraction of sp³-hybridized carbons (Fsp3) is 0.480. The largest absolute Gasteiger partial charge is 0.385 e. The lowest BCUT2D eigenvalue weighted by atomic mass is 9.97. The number of aryl methyl sites for hydroxylation is 4. The van der Waals surface area contributed by atoms with Gasteiger partial charge in [-0.15, -0.1) is 11.3 Å². The molecule has 33 heavy (non-hydrogen) atoms. The Labute approximate surface area is 202 Å². The van der Waals surface area contributed by atoms with Gasteiger partial charge in [-0.3, -0.25) is 14.2 Å². The van der Waals surface area contributed by atoms with Crippen LogP contribution in [0.4, 0.5) is 0 Å². The van der Waals surface area contributed by atoms with Crippen LogP contribution in [0.5, 0.6) is 0 Å². The number of carbonyl (C=O) groups excluding carboxylic acids is 1. The molecule has 0 fully saturated rings. The number of ether oxygens (including phenoxy) is 1. The Morgan fingerprint density at radius 2 is 2.09 bits per heavy atom. The number of hydrogen-bond acceptors (Lipinski definition) is 6. The van der Waals surface area contributed by atoms with Gasteiger partial charge in [0.1, 0.15) is 4.83 Å². The van der Waals surface area contributed by atoms with E-state index in [9.17, 15) is 9.59 Å². The molecule has 6 nitrogen and oxygen atoms in total. The van der Waals surface area contributed by atoms with Gasteiger partial charge in [-0.2, -0.15) is 0 Å². The number of aromatic nitrogens is 2. The molecule has 1 amide bonds. The molecule has 0 spiro atoms. The maximum absolute atomic E-state index is 13.9. The summed E-state index contributed by atoms with van der Waals surface area (Å²) in [5.41, 5.74) is 4.13. The molecule has 4 rings (SSSR count). The summed E-state index contributed by atoms with van der Waals surface area (Å²) in [5.74, 6) is -0.0666. The number of nitrogens with one attached hydrogen (secondary N) is 1. The molecular formula is C25H31N3O3S2. The summed E-state index contributed by atoms with van der Waals surface area (Å²) in [4.78, 5) is 33.7. The second-order valence-corrected chi connectivity index (χ2v) is 11.0. The van der Waals surface area contributed by atoms with Crippen molar-refractivity contribution in [2.75, 3.05) is 20.3 Å². The molecule has 8 heteroatoms. The van der Waals surface area contributed by atoms with Crippen molar-refractivity contribution in [3.05, 3.63) is 50.1 Å². The van der Waals surface area contributed by atoms with Crippen LogP contribution < -0.4 is 10.9 Å².